The molecule has 0 radical (unpaired) electrons. The molecule has 0 N–H and O–H groups in total. The third-order valence-corrected chi connectivity index (χ3v) is 6.01. The van der Waals surface area contributed by atoms with E-state index in [2.05, 4.69) is 110 Å². The molecule has 166 valence electrons. The van der Waals surface area contributed by atoms with E-state index in [4.69, 9.17) is 0 Å². The summed E-state index contributed by atoms with van der Waals surface area (Å²) in [7, 11) is 0. The van der Waals surface area contributed by atoms with Crippen LogP contribution in [0, 0.1) is 11.8 Å². The Labute approximate surface area is 187 Å². The Morgan fingerprint density at radius 2 is 1.37 bits per heavy atom. The molecule has 2 aromatic rings. The van der Waals surface area contributed by atoms with E-state index in [9.17, 15) is 0 Å². The molecule has 0 heterocycles. The first-order valence-corrected chi connectivity index (χ1v) is 12.1. The molecule has 0 aliphatic rings. The Bertz CT molecular complexity index is 694. The van der Waals surface area contributed by atoms with Gasteiger partial charge in [-0.15, -0.1) is 0 Å². The van der Waals surface area contributed by atoms with Crippen LogP contribution in [0.15, 0.2) is 61.2 Å². The van der Waals surface area contributed by atoms with Crippen molar-refractivity contribution in [1.82, 2.24) is 0 Å². The fraction of sp³-hybridized carbons (Fsp3) is 0.533. The van der Waals surface area contributed by atoms with Gasteiger partial charge in [-0.2, -0.15) is 0 Å². The second-order valence-corrected chi connectivity index (χ2v) is 9.83. The summed E-state index contributed by atoms with van der Waals surface area (Å²) in [6.45, 7) is 20.1. The molecule has 0 saturated heterocycles. The molecule has 0 fully saturated rings. The summed E-state index contributed by atoms with van der Waals surface area (Å²) in [6.07, 6.45) is 7.50. The highest BCUT2D eigenvalue weighted by Gasteiger charge is 2.13. The van der Waals surface area contributed by atoms with Crippen molar-refractivity contribution in [3.63, 3.8) is 0 Å². The van der Waals surface area contributed by atoms with Crippen molar-refractivity contribution in [2.75, 3.05) is 0 Å². The first-order chi connectivity index (χ1) is 14.2. The normalized spacial score (nSPS) is 12.3. The van der Waals surface area contributed by atoms with Gasteiger partial charge >= 0.3 is 0 Å². The summed E-state index contributed by atoms with van der Waals surface area (Å²) in [6, 6.07) is 19.7. The number of hydrogen-bond donors (Lipinski definition) is 0. The van der Waals surface area contributed by atoms with Gasteiger partial charge in [-0.1, -0.05) is 129 Å². The average Bonchev–Trinajstić information content (AvgIpc) is 2.74. The molecule has 0 aliphatic heterocycles. The van der Waals surface area contributed by atoms with Crippen LogP contribution < -0.4 is 0 Å². The first kappa shape index (κ1) is 26.2. The lowest BCUT2D eigenvalue weighted by Crippen LogP contribution is -2.10. The van der Waals surface area contributed by atoms with E-state index in [1.165, 1.54) is 60.8 Å². The maximum atomic E-state index is 4.26. The zero-order chi connectivity index (χ0) is 22.6. The topological polar surface area (TPSA) is 0 Å². The quantitative estimate of drug-likeness (QED) is 0.389. The average molecular weight is 407 g/mol. The van der Waals surface area contributed by atoms with E-state index in [1.807, 2.05) is 0 Å². The molecule has 2 aromatic carbocycles. The number of rotatable bonds is 9. The summed E-state index contributed by atoms with van der Waals surface area (Å²) in [5, 5.41) is 0. The van der Waals surface area contributed by atoms with E-state index in [1.54, 1.807) is 0 Å². The molecular weight excluding hydrogens is 360 g/mol. The zero-order valence-corrected chi connectivity index (χ0v) is 20.8. The van der Waals surface area contributed by atoms with Gasteiger partial charge in [0.2, 0.25) is 0 Å². The van der Waals surface area contributed by atoms with Crippen LogP contribution in [-0.4, -0.2) is 0 Å². The van der Waals surface area contributed by atoms with Crippen molar-refractivity contribution in [3.8, 4) is 0 Å². The van der Waals surface area contributed by atoms with Gasteiger partial charge in [0.15, 0.2) is 0 Å². The molecule has 30 heavy (non-hydrogen) atoms. The van der Waals surface area contributed by atoms with Crippen LogP contribution in [0.25, 0.3) is 5.57 Å². The fourth-order valence-corrected chi connectivity index (χ4v) is 3.77. The molecule has 0 aromatic heterocycles. The summed E-state index contributed by atoms with van der Waals surface area (Å²) in [5.74, 6) is 1.47. The van der Waals surface area contributed by atoms with Crippen LogP contribution in [0.4, 0.5) is 0 Å². The molecule has 0 nitrogen and oxygen atoms in total. The third kappa shape index (κ3) is 9.33. The lowest BCUT2D eigenvalue weighted by molar-refractivity contribution is 0.544. The summed E-state index contributed by atoms with van der Waals surface area (Å²) in [4.78, 5) is 0. The van der Waals surface area contributed by atoms with E-state index >= 15 is 0 Å². The molecule has 0 heteroatoms. The molecule has 0 saturated carbocycles. The van der Waals surface area contributed by atoms with E-state index in [-0.39, 0.29) is 5.41 Å². The maximum Gasteiger partial charge on any atom is -0.0132 e. The van der Waals surface area contributed by atoms with E-state index < -0.39 is 0 Å². The summed E-state index contributed by atoms with van der Waals surface area (Å²) >= 11 is 0. The van der Waals surface area contributed by atoms with Crippen molar-refractivity contribution >= 4 is 5.57 Å². The molecule has 1 atom stereocenters. The first-order valence-electron chi connectivity index (χ1n) is 12.1. The van der Waals surface area contributed by atoms with Gasteiger partial charge in [-0.3, -0.25) is 0 Å². The van der Waals surface area contributed by atoms with Crippen molar-refractivity contribution in [2.24, 2.45) is 11.8 Å². The molecule has 0 bridgehead atoms. The van der Waals surface area contributed by atoms with Crippen LogP contribution in [0.2, 0.25) is 0 Å². The van der Waals surface area contributed by atoms with Gasteiger partial charge in [0, 0.05) is 0 Å². The number of hydrogen-bond acceptors (Lipinski definition) is 0. The highest BCUT2D eigenvalue weighted by Crippen LogP contribution is 2.29. The van der Waals surface area contributed by atoms with Crippen molar-refractivity contribution in [1.29, 1.82) is 0 Å². The van der Waals surface area contributed by atoms with Crippen LogP contribution in [-0.2, 0) is 11.8 Å². The predicted octanol–water partition coefficient (Wildman–Crippen LogP) is 9.49. The Morgan fingerprint density at radius 3 is 1.80 bits per heavy atom. The second kappa shape index (κ2) is 13.5. The Balaban J connectivity index is 0.000000300. The van der Waals surface area contributed by atoms with E-state index in [0.29, 0.717) is 5.92 Å². The molecule has 0 spiro atoms. The monoisotopic (exact) mass is 406 g/mol. The van der Waals surface area contributed by atoms with Crippen LogP contribution in [0.5, 0.6) is 0 Å². The van der Waals surface area contributed by atoms with Gasteiger partial charge in [0.05, 0.1) is 0 Å². The molecule has 1 unspecified atom stereocenters. The largest absolute Gasteiger partial charge is 0.0950 e. The highest BCUT2D eigenvalue weighted by atomic mass is 14.2. The highest BCUT2D eigenvalue weighted by molar-refractivity contribution is 5.65. The van der Waals surface area contributed by atoms with Gasteiger partial charge in [-0.25, -0.2) is 0 Å². The molecular formula is C30H46. The minimum atomic E-state index is 0.273. The molecule has 0 amide bonds. The predicted molar refractivity (Wildman–Crippen MR) is 137 cm³/mol. The summed E-state index contributed by atoms with van der Waals surface area (Å²) < 4.78 is 0. The SMILES string of the molecule is C=C(c1ccccc1)C(CCC)CCC.CCC(C)Cc1ccc(C(C)(C)C)cc1. The van der Waals surface area contributed by atoms with Gasteiger partial charge < -0.3 is 0 Å². The second-order valence-electron chi connectivity index (χ2n) is 9.83. The number of benzene rings is 2. The Morgan fingerprint density at radius 1 is 0.833 bits per heavy atom. The van der Waals surface area contributed by atoms with Crippen molar-refractivity contribution in [3.05, 3.63) is 77.9 Å². The number of allylic oxidation sites excluding steroid dienone is 1. The van der Waals surface area contributed by atoms with E-state index in [0.717, 1.165) is 5.92 Å². The minimum Gasteiger partial charge on any atom is -0.0950 e. The molecule has 2 rings (SSSR count). The zero-order valence-electron chi connectivity index (χ0n) is 20.8. The lowest BCUT2D eigenvalue weighted by atomic mass is 9.86. The Kier molecular flexibility index (Phi) is 11.8. The van der Waals surface area contributed by atoms with Crippen LogP contribution in [0.3, 0.4) is 0 Å². The fourth-order valence-electron chi connectivity index (χ4n) is 3.77. The minimum absolute atomic E-state index is 0.273. The lowest BCUT2D eigenvalue weighted by Gasteiger charge is -2.19. The smallest absolute Gasteiger partial charge is 0.0132 e. The Hall–Kier alpha value is -1.82. The van der Waals surface area contributed by atoms with Crippen LogP contribution in [0.1, 0.15) is 97.3 Å². The standard InChI is InChI=1S/C15H24.C15H22/c1-6-12(2)11-13-7-9-14(10-8-13)15(3,4)5;1-4-9-14(10-5-2)13(3)15-11-7-6-8-12-15/h7-10,12H,6,11H2,1-5H3;6-8,11-12,14H,3-5,9-10H2,1-2H3. The van der Waals surface area contributed by atoms with Gasteiger partial charge in [0.25, 0.3) is 0 Å². The van der Waals surface area contributed by atoms with Crippen molar-refractivity contribution in [2.45, 2.75) is 92.4 Å². The maximum absolute atomic E-state index is 4.26. The van der Waals surface area contributed by atoms with Gasteiger partial charge in [0.1, 0.15) is 0 Å². The van der Waals surface area contributed by atoms with Gasteiger partial charge in [-0.05, 0) is 58.8 Å². The van der Waals surface area contributed by atoms with Crippen LogP contribution >= 0.6 is 0 Å². The summed E-state index contributed by atoms with van der Waals surface area (Å²) in [5.41, 5.74) is 5.80. The molecule has 0 aliphatic carbocycles. The third-order valence-electron chi connectivity index (χ3n) is 6.01. The van der Waals surface area contributed by atoms with Crippen molar-refractivity contribution < 1.29 is 0 Å².